The SMILES string of the molecule is Clc1ccccc1COc1c(Cl)cc(C=Nc2ccc(N3CCOCC3)cc2)cc1Cl. The maximum Gasteiger partial charge on any atom is 0.157 e. The van der Waals surface area contributed by atoms with Gasteiger partial charge in [-0.05, 0) is 48.0 Å². The number of anilines is 1. The van der Waals surface area contributed by atoms with Crippen LogP contribution in [0.1, 0.15) is 11.1 Å². The lowest BCUT2D eigenvalue weighted by Gasteiger charge is -2.28. The summed E-state index contributed by atoms with van der Waals surface area (Å²) < 4.78 is 11.2. The molecule has 0 spiro atoms. The van der Waals surface area contributed by atoms with Crippen LogP contribution in [0.25, 0.3) is 0 Å². The van der Waals surface area contributed by atoms with Gasteiger partial charge in [0.1, 0.15) is 6.61 Å². The second-order valence-electron chi connectivity index (χ2n) is 7.07. The lowest BCUT2D eigenvalue weighted by atomic mass is 10.2. The lowest BCUT2D eigenvalue weighted by Crippen LogP contribution is -2.36. The van der Waals surface area contributed by atoms with Crippen LogP contribution < -0.4 is 9.64 Å². The number of hydrogen-bond acceptors (Lipinski definition) is 4. The van der Waals surface area contributed by atoms with Gasteiger partial charge in [-0.25, -0.2) is 0 Å². The van der Waals surface area contributed by atoms with Gasteiger partial charge in [0.05, 0.1) is 28.9 Å². The van der Waals surface area contributed by atoms with Gasteiger partial charge < -0.3 is 14.4 Å². The first kappa shape index (κ1) is 22.0. The molecule has 0 N–H and O–H groups in total. The van der Waals surface area contributed by atoms with Crippen LogP contribution in [-0.4, -0.2) is 32.5 Å². The van der Waals surface area contributed by atoms with Crippen LogP contribution in [0, 0.1) is 0 Å². The van der Waals surface area contributed by atoms with E-state index in [0.29, 0.717) is 20.8 Å². The molecule has 31 heavy (non-hydrogen) atoms. The highest BCUT2D eigenvalue weighted by Crippen LogP contribution is 2.35. The molecule has 0 saturated carbocycles. The summed E-state index contributed by atoms with van der Waals surface area (Å²) in [4.78, 5) is 6.84. The molecule has 0 bridgehead atoms. The third kappa shape index (κ3) is 5.72. The molecule has 1 aliphatic rings. The van der Waals surface area contributed by atoms with E-state index >= 15 is 0 Å². The Morgan fingerprint density at radius 3 is 2.26 bits per heavy atom. The number of aliphatic imine (C=N–C) groups is 1. The Labute approximate surface area is 197 Å². The fourth-order valence-corrected chi connectivity index (χ4v) is 4.08. The Balaban J connectivity index is 1.43. The molecule has 3 aromatic rings. The van der Waals surface area contributed by atoms with Crippen molar-refractivity contribution < 1.29 is 9.47 Å². The van der Waals surface area contributed by atoms with Crippen LogP contribution in [0.2, 0.25) is 15.1 Å². The maximum atomic E-state index is 6.41. The van der Waals surface area contributed by atoms with Crippen molar-refractivity contribution in [3.63, 3.8) is 0 Å². The van der Waals surface area contributed by atoms with Gasteiger partial charge in [0, 0.05) is 35.6 Å². The average molecular weight is 476 g/mol. The molecule has 0 aromatic heterocycles. The molecule has 1 fully saturated rings. The fourth-order valence-electron chi connectivity index (χ4n) is 3.28. The number of ether oxygens (including phenoxy) is 2. The molecule has 0 aliphatic carbocycles. The molecule has 1 heterocycles. The van der Waals surface area contributed by atoms with Crippen LogP contribution in [0.5, 0.6) is 5.75 Å². The zero-order valence-corrected chi connectivity index (χ0v) is 19.0. The van der Waals surface area contributed by atoms with Gasteiger partial charge >= 0.3 is 0 Å². The van der Waals surface area contributed by atoms with Crippen molar-refractivity contribution in [2.45, 2.75) is 6.61 Å². The van der Waals surface area contributed by atoms with Crippen LogP contribution in [0.3, 0.4) is 0 Å². The number of morpholine rings is 1. The predicted octanol–water partition coefficient (Wildman–Crippen LogP) is 6.81. The predicted molar refractivity (Wildman–Crippen MR) is 129 cm³/mol. The minimum absolute atomic E-state index is 0.280. The molecular formula is C24H21Cl3N2O2. The van der Waals surface area contributed by atoms with Crippen LogP contribution in [-0.2, 0) is 11.3 Å². The van der Waals surface area contributed by atoms with Gasteiger partial charge in [0.2, 0.25) is 0 Å². The third-order valence-electron chi connectivity index (χ3n) is 4.94. The largest absolute Gasteiger partial charge is 0.486 e. The Hall–Kier alpha value is -2.24. The van der Waals surface area contributed by atoms with E-state index < -0.39 is 0 Å². The molecule has 4 nitrogen and oxygen atoms in total. The minimum Gasteiger partial charge on any atom is -0.486 e. The fraction of sp³-hybridized carbons (Fsp3) is 0.208. The van der Waals surface area contributed by atoms with E-state index in [4.69, 9.17) is 44.3 Å². The van der Waals surface area contributed by atoms with Crippen molar-refractivity contribution in [1.29, 1.82) is 0 Å². The molecule has 1 saturated heterocycles. The summed E-state index contributed by atoms with van der Waals surface area (Å²) in [6.45, 7) is 3.62. The summed E-state index contributed by atoms with van der Waals surface area (Å²) in [7, 11) is 0. The van der Waals surface area contributed by atoms with Gasteiger partial charge in [-0.3, -0.25) is 4.99 Å². The molecular weight excluding hydrogens is 455 g/mol. The first-order valence-electron chi connectivity index (χ1n) is 9.92. The second-order valence-corrected chi connectivity index (χ2v) is 8.29. The van der Waals surface area contributed by atoms with Crippen molar-refractivity contribution in [3.8, 4) is 5.75 Å². The van der Waals surface area contributed by atoms with Crippen LogP contribution in [0.4, 0.5) is 11.4 Å². The first-order chi connectivity index (χ1) is 15.1. The first-order valence-corrected chi connectivity index (χ1v) is 11.1. The standard InChI is InChI=1S/C24H21Cl3N2O2/c25-21-4-2-1-3-18(21)16-31-24-22(26)13-17(14-23(24)27)15-28-19-5-7-20(8-6-19)29-9-11-30-12-10-29/h1-8,13-15H,9-12,16H2. The highest BCUT2D eigenvalue weighted by atomic mass is 35.5. The van der Waals surface area contributed by atoms with Gasteiger partial charge in [0.25, 0.3) is 0 Å². The van der Waals surface area contributed by atoms with E-state index in [-0.39, 0.29) is 6.61 Å². The third-order valence-corrected chi connectivity index (χ3v) is 5.87. The highest BCUT2D eigenvalue weighted by molar-refractivity contribution is 6.37. The van der Waals surface area contributed by atoms with E-state index in [1.807, 2.05) is 36.4 Å². The van der Waals surface area contributed by atoms with Crippen LogP contribution >= 0.6 is 34.8 Å². The summed E-state index contributed by atoms with van der Waals surface area (Å²) in [5.41, 5.74) is 3.68. The number of halogens is 3. The smallest absolute Gasteiger partial charge is 0.157 e. The second kappa shape index (κ2) is 10.4. The minimum atomic E-state index is 0.280. The van der Waals surface area contributed by atoms with Gasteiger partial charge in [-0.2, -0.15) is 0 Å². The maximum absolute atomic E-state index is 6.41. The van der Waals surface area contributed by atoms with E-state index in [1.165, 1.54) is 5.69 Å². The van der Waals surface area contributed by atoms with Crippen molar-refractivity contribution in [2.75, 3.05) is 31.2 Å². The molecule has 7 heteroatoms. The molecule has 0 atom stereocenters. The van der Waals surface area contributed by atoms with Crippen LogP contribution in [0.15, 0.2) is 65.7 Å². The number of rotatable bonds is 6. The van der Waals surface area contributed by atoms with E-state index in [9.17, 15) is 0 Å². The monoisotopic (exact) mass is 474 g/mol. The van der Waals surface area contributed by atoms with Crippen molar-refractivity contribution in [2.24, 2.45) is 4.99 Å². The molecule has 3 aromatic carbocycles. The molecule has 160 valence electrons. The lowest BCUT2D eigenvalue weighted by molar-refractivity contribution is 0.122. The summed E-state index contributed by atoms with van der Waals surface area (Å²) in [5.74, 6) is 0.426. The molecule has 1 aliphatic heterocycles. The Bertz CT molecular complexity index is 1040. The van der Waals surface area contributed by atoms with E-state index in [1.54, 1.807) is 18.3 Å². The summed E-state index contributed by atoms with van der Waals surface area (Å²) >= 11 is 19.0. The van der Waals surface area contributed by atoms with Crippen molar-refractivity contribution in [3.05, 3.63) is 86.9 Å². The van der Waals surface area contributed by atoms with Crippen molar-refractivity contribution in [1.82, 2.24) is 0 Å². The number of hydrogen-bond donors (Lipinski definition) is 0. The Kier molecular flexibility index (Phi) is 7.36. The van der Waals surface area contributed by atoms with E-state index in [0.717, 1.165) is 43.1 Å². The summed E-state index contributed by atoms with van der Waals surface area (Å²) in [5, 5.41) is 1.48. The topological polar surface area (TPSA) is 34.1 Å². The zero-order valence-electron chi connectivity index (χ0n) is 16.7. The van der Waals surface area contributed by atoms with Gasteiger partial charge in [0.15, 0.2) is 5.75 Å². The summed E-state index contributed by atoms with van der Waals surface area (Å²) in [6, 6.07) is 19.2. The normalized spacial score (nSPS) is 14.2. The number of benzene rings is 3. The van der Waals surface area contributed by atoms with Gasteiger partial charge in [-0.15, -0.1) is 0 Å². The van der Waals surface area contributed by atoms with Crippen molar-refractivity contribution >= 4 is 52.4 Å². The molecule has 0 amide bonds. The molecule has 4 rings (SSSR count). The molecule has 0 radical (unpaired) electrons. The van der Waals surface area contributed by atoms with Gasteiger partial charge in [-0.1, -0.05) is 53.0 Å². The Morgan fingerprint density at radius 2 is 1.58 bits per heavy atom. The molecule has 0 unspecified atom stereocenters. The highest BCUT2D eigenvalue weighted by Gasteiger charge is 2.12. The average Bonchev–Trinajstić information content (AvgIpc) is 2.79. The zero-order chi connectivity index (χ0) is 21.6. The quantitative estimate of drug-likeness (QED) is 0.367. The Morgan fingerprint density at radius 1 is 0.903 bits per heavy atom. The van der Waals surface area contributed by atoms with E-state index in [2.05, 4.69) is 22.0 Å². The summed E-state index contributed by atoms with van der Waals surface area (Å²) in [6.07, 6.45) is 1.74. The number of nitrogens with zero attached hydrogens (tertiary/aromatic N) is 2.